The van der Waals surface area contributed by atoms with Crippen LogP contribution in [0.2, 0.25) is 5.02 Å². The van der Waals surface area contributed by atoms with Crippen LogP contribution in [0, 0.1) is 0 Å². The fourth-order valence-corrected chi connectivity index (χ4v) is 3.36. The average Bonchev–Trinajstić information content (AvgIpc) is 2.72. The van der Waals surface area contributed by atoms with Gasteiger partial charge in [0.2, 0.25) is 0 Å². The Balaban J connectivity index is 1.49. The average molecular weight is 401 g/mol. The van der Waals surface area contributed by atoms with Gasteiger partial charge < -0.3 is 15.0 Å². The van der Waals surface area contributed by atoms with E-state index >= 15 is 0 Å². The van der Waals surface area contributed by atoms with Gasteiger partial charge in [0.25, 0.3) is 11.8 Å². The summed E-state index contributed by atoms with van der Waals surface area (Å²) in [6.45, 7) is 3.74. The first-order valence-corrected chi connectivity index (χ1v) is 9.99. The van der Waals surface area contributed by atoms with Crippen molar-refractivity contribution in [2.75, 3.05) is 13.1 Å². The second-order valence-electron chi connectivity index (χ2n) is 6.99. The van der Waals surface area contributed by atoms with Crippen LogP contribution in [0.4, 0.5) is 0 Å². The molecule has 28 heavy (non-hydrogen) atoms. The first kappa shape index (κ1) is 20.2. The molecular weight excluding hydrogens is 376 g/mol. The number of likely N-dealkylation sites (tertiary alicyclic amines) is 1. The van der Waals surface area contributed by atoms with Crippen molar-refractivity contribution in [2.24, 2.45) is 0 Å². The molecule has 1 aliphatic rings. The number of ether oxygens (including phenoxy) is 1. The third-order valence-electron chi connectivity index (χ3n) is 4.79. The lowest BCUT2D eigenvalue weighted by atomic mass is 10.1. The molecule has 2 aromatic carbocycles. The third kappa shape index (κ3) is 5.49. The molecule has 2 amide bonds. The minimum Gasteiger partial charge on any atom is -0.481 e. The monoisotopic (exact) mass is 400 g/mol. The summed E-state index contributed by atoms with van der Waals surface area (Å²) in [5.41, 5.74) is 1.62. The molecule has 0 saturated carbocycles. The Morgan fingerprint density at radius 2 is 1.82 bits per heavy atom. The number of halogens is 1. The van der Waals surface area contributed by atoms with Crippen molar-refractivity contribution in [3.05, 3.63) is 64.7 Å². The topological polar surface area (TPSA) is 58.6 Å². The number of nitrogens with one attached hydrogen (secondary N) is 1. The highest BCUT2D eigenvalue weighted by Gasteiger charge is 2.18. The van der Waals surface area contributed by atoms with Crippen LogP contribution in [-0.2, 0) is 11.3 Å². The summed E-state index contributed by atoms with van der Waals surface area (Å²) in [5, 5.41) is 3.41. The van der Waals surface area contributed by atoms with Crippen LogP contribution in [0.3, 0.4) is 0 Å². The summed E-state index contributed by atoms with van der Waals surface area (Å²) >= 11 is 5.93. The van der Waals surface area contributed by atoms with Crippen LogP contribution in [0.1, 0.15) is 42.1 Å². The number of carbonyl (C=O) groups excluding carboxylic acids is 2. The first-order chi connectivity index (χ1) is 13.5. The van der Waals surface area contributed by atoms with Crippen LogP contribution in [0.5, 0.6) is 5.75 Å². The molecule has 1 unspecified atom stereocenters. The molecule has 1 saturated heterocycles. The molecule has 1 fully saturated rings. The van der Waals surface area contributed by atoms with E-state index in [9.17, 15) is 9.59 Å². The molecule has 0 aromatic heterocycles. The van der Waals surface area contributed by atoms with E-state index in [0.29, 0.717) is 22.9 Å². The number of piperidine rings is 1. The second kappa shape index (κ2) is 9.60. The van der Waals surface area contributed by atoms with Gasteiger partial charge in [-0.05, 0) is 62.1 Å². The van der Waals surface area contributed by atoms with Gasteiger partial charge in [-0.3, -0.25) is 9.59 Å². The van der Waals surface area contributed by atoms with E-state index in [-0.39, 0.29) is 11.8 Å². The minimum absolute atomic E-state index is 0.0822. The van der Waals surface area contributed by atoms with Gasteiger partial charge in [-0.1, -0.05) is 29.8 Å². The molecule has 1 atom stereocenters. The van der Waals surface area contributed by atoms with E-state index in [2.05, 4.69) is 5.32 Å². The molecule has 148 valence electrons. The van der Waals surface area contributed by atoms with Crippen molar-refractivity contribution in [3.63, 3.8) is 0 Å². The number of benzene rings is 2. The lowest BCUT2D eigenvalue weighted by Gasteiger charge is -2.26. The summed E-state index contributed by atoms with van der Waals surface area (Å²) in [6.07, 6.45) is 2.71. The van der Waals surface area contributed by atoms with Crippen molar-refractivity contribution < 1.29 is 14.3 Å². The fourth-order valence-electron chi connectivity index (χ4n) is 3.18. The van der Waals surface area contributed by atoms with E-state index in [4.69, 9.17) is 16.3 Å². The fraction of sp³-hybridized carbons (Fsp3) is 0.364. The molecule has 1 heterocycles. The molecule has 0 spiro atoms. The van der Waals surface area contributed by atoms with Gasteiger partial charge in [-0.15, -0.1) is 0 Å². The number of hydrogen-bond acceptors (Lipinski definition) is 3. The molecule has 6 heteroatoms. The summed E-state index contributed by atoms with van der Waals surface area (Å²) in [5.74, 6) is 0.419. The molecule has 0 aliphatic carbocycles. The molecular formula is C22H25ClN2O3. The molecule has 0 radical (unpaired) electrons. The summed E-state index contributed by atoms with van der Waals surface area (Å²) in [6, 6.07) is 14.3. The van der Waals surface area contributed by atoms with Gasteiger partial charge in [-0.25, -0.2) is 0 Å². The highest BCUT2D eigenvalue weighted by atomic mass is 35.5. The maximum atomic E-state index is 12.5. The Labute approximate surface area is 170 Å². The highest BCUT2D eigenvalue weighted by Crippen LogP contribution is 2.18. The summed E-state index contributed by atoms with van der Waals surface area (Å²) in [7, 11) is 0. The zero-order valence-electron chi connectivity index (χ0n) is 16.0. The van der Waals surface area contributed by atoms with Gasteiger partial charge in [0.1, 0.15) is 5.75 Å². The number of hydrogen-bond donors (Lipinski definition) is 1. The van der Waals surface area contributed by atoms with Crippen molar-refractivity contribution in [1.82, 2.24) is 10.2 Å². The highest BCUT2D eigenvalue weighted by molar-refractivity contribution is 6.30. The minimum atomic E-state index is -0.640. The maximum Gasteiger partial charge on any atom is 0.261 e. The van der Waals surface area contributed by atoms with Gasteiger partial charge in [-0.2, -0.15) is 0 Å². The van der Waals surface area contributed by atoms with Crippen LogP contribution in [0.25, 0.3) is 0 Å². The lowest BCUT2D eigenvalue weighted by molar-refractivity contribution is -0.127. The smallest absolute Gasteiger partial charge is 0.261 e. The molecule has 5 nitrogen and oxygen atoms in total. The van der Waals surface area contributed by atoms with Gasteiger partial charge in [0, 0.05) is 30.2 Å². The Morgan fingerprint density at radius 3 is 2.50 bits per heavy atom. The largest absolute Gasteiger partial charge is 0.481 e. The van der Waals surface area contributed by atoms with Crippen LogP contribution in [0.15, 0.2) is 48.5 Å². The number of nitrogens with zero attached hydrogens (tertiary/aromatic N) is 1. The van der Waals surface area contributed by atoms with Gasteiger partial charge in [0.05, 0.1) is 0 Å². The first-order valence-electron chi connectivity index (χ1n) is 9.61. The standard InChI is InChI=1S/C22H25ClN2O3/c1-16(28-20-7-5-6-19(23)14-20)21(26)24-15-17-8-10-18(11-9-17)22(27)25-12-3-2-4-13-25/h5-11,14,16H,2-4,12-13,15H2,1H3,(H,24,26). The zero-order chi connectivity index (χ0) is 19.9. The zero-order valence-corrected chi connectivity index (χ0v) is 16.7. The third-order valence-corrected chi connectivity index (χ3v) is 5.02. The predicted octanol–water partition coefficient (Wildman–Crippen LogP) is 4.05. The summed E-state index contributed by atoms with van der Waals surface area (Å²) in [4.78, 5) is 26.7. The van der Waals surface area contributed by atoms with Gasteiger partial charge >= 0.3 is 0 Å². The molecule has 0 bridgehead atoms. The summed E-state index contributed by atoms with van der Waals surface area (Å²) < 4.78 is 5.62. The van der Waals surface area contributed by atoms with Crippen LogP contribution in [-0.4, -0.2) is 35.9 Å². The number of carbonyl (C=O) groups is 2. The van der Waals surface area contributed by atoms with Crippen molar-refractivity contribution in [2.45, 2.75) is 38.8 Å². The SMILES string of the molecule is CC(Oc1cccc(Cl)c1)C(=O)NCc1ccc(C(=O)N2CCCCC2)cc1. The van der Waals surface area contributed by atoms with E-state index < -0.39 is 6.10 Å². The normalized spacial score (nSPS) is 15.0. The maximum absolute atomic E-state index is 12.5. The number of rotatable bonds is 6. The number of amides is 2. The Bertz CT molecular complexity index is 817. The van der Waals surface area contributed by atoms with Crippen molar-refractivity contribution in [1.29, 1.82) is 0 Å². The van der Waals surface area contributed by atoms with E-state index in [1.54, 1.807) is 31.2 Å². The molecule has 2 aromatic rings. The van der Waals surface area contributed by atoms with Crippen molar-refractivity contribution >= 4 is 23.4 Å². The quantitative estimate of drug-likeness (QED) is 0.795. The van der Waals surface area contributed by atoms with Gasteiger partial charge in [0.15, 0.2) is 6.10 Å². The van der Waals surface area contributed by atoms with E-state index in [0.717, 1.165) is 31.5 Å². The van der Waals surface area contributed by atoms with E-state index in [1.807, 2.05) is 29.2 Å². The van der Waals surface area contributed by atoms with Crippen molar-refractivity contribution in [3.8, 4) is 5.75 Å². The second-order valence-corrected chi connectivity index (χ2v) is 7.42. The molecule has 1 aliphatic heterocycles. The molecule has 3 rings (SSSR count). The van der Waals surface area contributed by atoms with E-state index in [1.165, 1.54) is 6.42 Å². The molecule has 1 N–H and O–H groups in total. The Hall–Kier alpha value is -2.53. The Kier molecular flexibility index (Phi) is 6.93. The lowest BCUT2D eigenvalue weighted by Crippen LogP contribution is -2.36. The van der Waals surface area contributed by atoms with Crippen LogP contribution < -0.4 is 10.1 Å². The Morgan fingerprint density at radius 1 is 1.11 bits per heavy atom. The predicted molar refractivity (Wildman–Crippen MR) is 110 cm³/mol. The van der Waals surface area contributed by atoms with Crippen LogP contribution >= 0.6 is 11.6 Å².